The lowest BCUT2D eigenvalue weighted by Crippen LogP contribution is -2.10. The molecule has 10 heavy (non-hydrogen) atoms. The molecule has 0 aromatic rings. The average molecular weight is 138 g/mol. The molecule has 0 aromatic heterocycles. The summed E-state index contributed by atoms with van der Waals surface area (Å²) in [5.74, 6) is 4.34. The van der Waals surface area contributed by atoms with Crippen molar-refractivity contribution in [2.24, 2.45) is 11.8 Å². The minimum absolute atomic E-state index is 0.778. The molecule has 0 fully saturated rings. The van der Waals surface area contributed by atoms with E-state index in [4.69, 9.17) is 4.74 Å². The van der Waals surface area contributed by atoms with Crippen LogP contribution in [0.15, 0.2) is 11.5 Å². The van der Waals surface area contributed by atoms with E-state index < -0.39 is 0 Å². The van der Waals surface area contributed by atoms with Crippen molar-refractivity contribution >= 4 is 0 Å². The van der Waals surface area contributed by atoms with E-state index in [1.165, 1.54) is 30.8 Å². The van der Waals surface area contributed by atoms with Gasteiger partial charge in [-0.25, -0.2) is 0 Å². The fraction of sp³-hybridized carbons (Fsp3) is 0.778. The van der Waals surface area contributed by atoms with Crippen LogP contribution in [0.4, 0.5) is 0 Å². The van der Waals surface area contributed by atoms with Crippen molar-refractivity contribution in [2.75, 3.05) is 0 Å². The Kier molecular flexibility index (Phi) is 1.26. The Bertz CT molecular complexity index is 181. The van der Waals surface area contributed by atoms with E-state index in [0.717, 1.165) is 11.8 Å². The van der Waals surface area contributed by atoms with Crippen molar-refractivity contribution in [1.29, 1.82) is 0 Å². The zero-order valence-corrected chi connectivity index (χ0v) is 6.68. The van der Waals surface area contributed by atoms with E-state index in [9.17, 15) is 0 Å². The van der Waals surface area contributed by atoms with Gasteiger partial charge in [0.2, 0.25) is 0 Å². The van der Waals surface area contributed by atoms with E-state index in [-0.39, 0.29) is 0 Å². The fourth-order valence-corrected chi connectivity index (χ4v) is 2.07. The number of hydrogen-bond acceptors (Lipinski definition) is 1. The quantitative estimate of drug-likeness (QED) is 0.571. The molecule has 2 atom stereocenters. The highest BCUT2D eigenvalue weighted by Crippen LogP contribution is 2.51. The van der Waals surface area contributed by atoms with Crippen molar-refractivity contribution in [1.82, 2.24) is 0 Å². The minimum atomic E-state index is 0.778. The molecule has 2 rings (SSSR count). The highest BCUT2D eigenvalue weighted by Gasteiger charge is 2.44. The predicted octanol–water partition coefficient (Wildman–Crippen LogP) is 2.68. The maximum absolute atomic E-state index is 5.32. The Morgan fingerprint density at radius 3 is 2.70 bits per heavy atom. The Morgan fingerprint density at radius 1 is 1.40 bits per heavy atom. The molecular weight excluding hydrogens is 124 g/mol. The maximum atomic E-state index is 5.32. The summed E-state index contributed by atoms with van der Waals surface area (Å²) in [4.78, 5) is 0. The predicted molar refractivity (Wildman–Crippen MR) is 40.3 cm³/mol. The van der Waals surface area contributed by atoms with Crippen LogP contribution < -0.4 is 0 Å². The van der Waals surface area contributed by atoms with Gasteiger partial charge in [-0.1, -0.05) is 20.3 Å². The Balaban J connectivity index is 2.05. The first-order valence-corrected chi connectivity index (χ1v) is 4.27. The molecule has 2 unspecified atom stereocenters. The van der Waals surface area contributed by atoms with Gasteiger partial charge < -0.3 is 4.74 Å². The molecule has 0 spiro atoms. The largest absolute Gasteiger partial charge is 0.459 e. The molecule has 1 heterocycles. The lowest BCUT2D eigenvalue weighted by atomic mass is 9.90. The third-order valence-electron chi connectivity index (χ3n) is 2.78. The van der Waals surface area contributed by atoms with E-state index in [2.05, 4.69) is 13.8 Å². The first-order valence-electron chi connectivity index (χ1n) is 4.27. The van der Waals surface area contributed by atoms with Crippen molar-refractivity contribution in [3.05, 3.63) is 11.5 Å². The van der Waals surface area contributed by atoms with Gasteiger partial charge in [0.1, 0.15) is 11.5 Å². The molecule has 1 aliphatic heterocycles. The Hall–Kier alpha value is -0.460. The van der Waals surface area contributed by atoms with Gasteiger partial charge >= 0.3 is 0 Å². The van der Waals surface area contributed by atoms with Crippen molar-refractivity contribution in [3.8, 4) is 0 Å². The van der Waals surface area contributed by atoms with Crippen molar-refractivity contribution < 1.29 is 4.74 Å². The van der Waals surface area contributed by atoms with Crippen LogP contribution in [-0.4, -0.2) is 0 Å². The second-order valence-corrected chi connectivity index (χ2v) is 3.28. The first-order chi connectivity index (χ1) is 4.86. The van der Waals surface area contributed by atoms with Crippen LogP contribution in [0.1, 0.15) is 33.1 Å². The fourth-order valence-electron chi connectivity index (χ4n) is 2.07. The lowest BCUT2D eigenvalue weighted by Gasteiger charge is -2.18. The van der Waals surface area contributed by atoms with Gasteiger partial charge in [0.25, 0.3) is 0 Å². The van der Waals surface area contributed by atoms with E-state index in [1.807, 2.05) is 0 Å². The molecular formula is C9H14O. The second kappa shape index (κ2) is 2.01. The standard InChI is InChI=1S/C9H14O/c1-3-6-5-8-9(10-8)7(6)4-2/h6-7H,3-5H2,1-2H3. The third kappa shape index (κ3) is 0.695. The van der Waals surface area contributed by atoms with Crippen LogP contribution in [0.3, 0.4) is 0 Å². The minimum Gasteiger partial charge on any atom is -0.459 e. The SMILES string of the molecule is CCC1CC2=C(O2)C1CC. The van der Waals surface area contributed by atoms with Crippen LogP contribution in [0.5, 0.6) is 0 Å². The van der Waals surface area contributed by atoms with E-state index in [0.29, 0.717) is 0 Å². The zero-order chi connectivity index (χ0) is 7.14. The molecule has 0 N–H and O–H groups in total. The van der Waals surface area contributed by atoms with Gasteiger partial charge in [-0.2, -0.15) is 0 Å². The van der Waals surface area contributed by atoms with Gasteiger partial charge in [0.05, 0.1) is 0 Å². The highest BCUT2D eigenvalue weighted by atomic mass is 16.6. The third-order valence-corrected chi connectivity index (χ3v) is 2.78. The number of rotatable bonds is 2. The molecule has 0 amide bonds. The van der Waals surface area contributed by atoms with Gasteiger partial charge in [0.15, 0.2) is 0 Å². The van der Waals surface area contributed by atoms with Gasteiger partial charge in [-0.3, -0.25) is 0 Å². The molecule has 0 radical (unpaired) electrons. The van der Waals surface area contributed by atoms with Crippen LogP contribution >= 0.6 is 0 Å². The topological polar surface area (TPSA) is 12.5 Å². The second-order valence-electron chi connectivity index (χ2n) is 3.28. The molecule has 0 saturated carbocycles. The summed E-state index contributed by atoms with van der Waals surface area (Å²) in [5.41, 5.74) is 0. The first kappa shape index (κ1) is 6.26. The molecule has 1 heteroatoms. The summed E-state index contributed by atoms with van der Waals surface area (Å²) in [6.45, 7) is 4.53. The van der Waals surface area contributed by atoms with E-state index in [1.54, 1.807) is 0 Å². The Morgan fingerprint density at radius 2 is 2.20 bits per heavy atom. The summed E-state index contributed by atoms with van der Waals surface area (Å²) in [6.07, 6.45) is 3.80. The average Bonchev–Trinajstić information content (AvgIpc) is 2.63. The summed E-state index contributed by atoms with van der Waals surface area (Å²) in [6, 6.07) is 0. The smallest absolute Gasteiger partial charge is 0.145 e. The summed E-state index contributed by atoms with van der Waals surface area (Å²) >= 11 is 0. The van der Waals surface area contributed by atoms with Gasteiger partial charge in [-0.05, 0) is 12.3 Å². The number of allylic oxidation sites excluding steroid dienone is 2. The lowest BCUT2D eigenvalue weighted by molar-refractivity contribution is 0.255. The molecule has 0 aromatic carbocycles. The maximum Gasteiger partial charge on any atom is 0.145 e. The molecule has 0 bridgehead atoms. The zero-order valence-electron chi connectivity index (χ0n) is 6.68. The molecule has 1 nitrogen and oxygen atoms in total. The number of ether oxygens (including phenoxy) is 1. The van der Waals surface area contributed by atoms with Crippen molar-refractivity contribution in [2.45, 2.75) is 33.1 Å². The molecule has 0 saturated heterocycles. The normalized spacial score (nSPS) is 35.8. The molecule has 1 aliphatic carbocycles. The van der Waals surface area contributed by atoms with Crippen molar-refractivity contribution in [3.63, 3.8) is 0 Å². The van der Waals surface area contributed by atoms with E-state index >= 15 is 0 Å². The number of hydrogen-bond donors (Lipinski definition) is 0. The van der Waals surface area contributed by atoms with Crippen LogP contribution in [0.25, 0.3) is 0 Å². The monoisotopic (exact) mass is 138 g/mol. The van der Waals surface area contributed by atoms with Gasteiger partial charge in [0, 0.05) is 12.3 Å². The Labute approximate surface area is 62.1 Å². The van der Waals surface area contributed by atoms with Gasteiger partial charge in [-0.15, -0.1) is 0 Å². The summed E-state index contributed by atoms with van der Waals surface area (Å²) in [7, 11) is 0. The van der Waals surface area contributed by atoms with Crippen LogP contribution in [0, 0.1) is 11.8 Å². The summed E-state index contributed by atoms with van der Waals surface area (Å²) in [5, 5.41) is 0. The molecule has 2 aliphatic rings. The van der Waals surface area contributed by atoms with Crippen LogP contribution in [0.2, 0.25) is 0 Å². The highest BCUT2D eigenvalue weighted by molar-refractivity contribution is 5.27. The summed E-state index contributed by atoms with van der Waals surface area (Å²) < 4.78 is 5.32. The molecule has 56 valence electrons. The van der Waals surface area contributed by atoms with Crippen LogP contribution in [-0.2, 0) is 4.74 Å².